The Labute approximate surface area is 145 Å². The fraction of sp³-hybridized carbons (Fsp3) is 0.118. The van der Waals surface area contributed by atoms with Crippen LogP contribution in [0, 0.1) is 0 Å². The SMILES string of the molecule is COC(=O)/C(=C\c1ccc(Cl)cc1)S(=O)(=O)c1ccc(OC)cc1. The van der Waals surface area contributed by atoms with Gasteiger partial charge in [-0.05, 0) is 48.0 Å². The van der Waals surface area contributed by atoms with Gasteiger partial charge < -0.3 is 9.47 Å². The molecule has 0 unspecified atom stereocenters. The zero-order valence-electron chi connectivity index (χ0n) is 13.0. The van der Waals surface area contributed by atoms with Crippen molar-refractivity contribution in [2.75, 3.05) is 14.2 Å². The Kier molecular flexibility index (Phi) is 5.64. The number of carbonyl (C=O) groups is 1. The standard InChI is InChI=1S/C17H15ClO5S/c1-22-14-7-9-15(10-8-14)24(20,21)16(17(19)23-2)11-12-3-5-13(18)6-4-12/h3-11H,1-2H3/b16-11+. The molecule has 0 fully saturated rings. The van der Waals surface area contributed by atoms with Gasteiger partial charge in [0.05, 0.1) is 19.1 Å². The summed E-state index contributed by atoms with van der Waals surface area (Å²) >= 11 is 5.81. The Morgan fingerprint density at radius 3 is 2.08 bits per heavy atom. The second-order valence-corrected chi connectivity index (χ2v) is 7.09. The molecule has 126 valence electrons. The Balaban J connectivity index is 2.53. The highest BCUT2D eigenvalue weighted by Crippen LogP contribution is 2.25. The van der Waals surface area contributed by atoms with Crippen LogP contribution < -0.4 is 4.74 Å². The number of halogens is 1. The molecule has 0 N–H and O–H groups in total. The maximum Gasteiger partial charge on any atom is 0.349 e. The van der Waals surface area contributed by atoms with Crippen LogP contribution in [0.15, 0.2) is 58.3 Å². The van der Waals surface area contributed by atoms with E-state index in [1.54, 1.807) is 24.3 Å². The highest BCUT2D eigenvalue weighted by atomic mass is 35.5. The third-order valence-corrected chi connectivity index (χ3v) is 5.22. The number of hydrogen-bond acceptors (Lipinski definition) is 5. The van der Waals surface area contributed by atoms with Gasteiger partial charge >= 0.3 is 5.97 Å². The van der Waals surface area contributed by atoms with Crippen LogP contribution in [0.5, 0.6) is 5.75 Å². The van der Waals surface area contributed by atoms with Crippen molar-refractivity contribution < 1.29 is 22.7 Å². The number of sulfone groups is 1. The molecule has 0 heterocycles. The molecule has 0 saturated carbocycles. The van der Waals surface area contributed by atoms with Crippen molar-refractivity contribution in [1.82, 2.24) is 0 Å². The van der Waals surface area contributed by atoms with E-state index in [0.29, 0.717) is 16.3 Å². The van der Waals surface area contributed by atoms with Crippen LogP contribution in [0.1, 0.15) is 5.56 Å². The number of ether oxygens (including phenoxy) is 2. The van der Waals surface area contributed by atoms with E-state index in [2.05, 4.69) is 4.74 Å². The van der Waals surface area contributed by atoms with Crippen LogP contribution in [-0.4, -0.2) is 28.6 Å². The molecule has 0 amide bonds. The van der Waals surface area contributed by atoms with Gasteiger partial charge in [-0.25, -0.2) is 13.2 Å². The molecule has 0 bridgehead atoms. The van der Waals surface area contributed by atoms with E-state index in [9.17, 15) is 13.2 Å². The van der Waals surface area contributed by atoms with Gasteiger partial charge in [0.2, 0.25) is 9.84 Å². The zero-order valence-corrected chi connectivity index (χ0v) is 14.6. The summed E-state index contributed by atoms with van der Waals surface area (Å²) in [6.07, 6.45) is 1.25. The maximum atomic E-state index is 12.8. The van der Waals surface area contributed by atoms with Crippen LogP contribution in [0.3, 0.4) is 0 Å². The van der Waals surface area contributed by atoms with Gasteiger partial charge in [-0.3, -0.25) is 0 Å². The van der Waals surface area contributed by atoms with Gasteiger partial charge in [0.1, 0.15) is 5.75 Å². The molecule has 0 aliphatic rings. The smallest absolute Gasteiger partial charge is 0.349 e. The van der Waals surface area contributed by atoms with E-state index in [4.69, 9.17) is 16.3 Å². The van der Waals surface area contributed by atoms with Gasteiger partial charge in [0, 0.05) is 5.02 Å². The Morgan fingerprint density at radius 1 is 1.00 bits per heavy atom. The lowest BCUT2D eigenvalue weighted by molar-refractivity contribution is -0.135. The summed E-state index contributed by atoms with van der Waals surface area (Å²) in [5.41, 5.74) is 0.511. The molecule has 2 aromatic carbocycles. The summed E-state index contributed by atoms with van der Waals surface area (Å²) in [7, 11) is -1.45. The summed E-state index contributed by atoms with van der Waals surface area (Å²) in [4.78, 5) is 11.5. The molecule has 0 aliphatic heterocycles. The molecule has 0 aromatic heterocycles. The van der Waals surface area contributed by atoms with Crippen molar-refractivity contribution in [2.24, 2.45) is 0 Å². The van der Waals surface area contributed by atoms with Crippen LogP contribution in [-0.2, 0) is 19.4 Å². The fourth-order valence-electron chi connectivity index (χ4n) is 1.94. The summed E-state index contributed by atoms with van der Waals surface area (Å²) < 4.78 is 35.2. The third-order valence-electron chi connectivity index (χ3n) is 3.21. The molecule has 24 heavy (non-hydrogen) atoms. The largest absolute Gasteiger partial charge is 0.497 e. The van der Waals surface area contributed by atoms with Crippen molar-refractivity contribution in [3.05, 3.63) is 64.0 Å². The van der Waals surface area contributed by atoms with Crippen molar-refractivity contribution >= 4 is 33.5 Å². The monoisotopic (exact) mass is 366 g/mol. The van der Waals surface area contributed by atoms with E-state index >= 15 is 0 Å². The lowest BCUT2D eigenvalue weighted by Gasteiger charge is -2.09. The van der Waals surface area contributed by atoms with E-state index in [-0.39, 0.29) is 4.90 Å². The second-order valence-electron chi connectivity index (χ2n) is 4.73. The molecule has 0 saturated heterocycles. The number of rotatable bonds is 5. The lowest BCUT2D eigenvalue weighted by atomic mass is 10.2. The minimum absolute atomic E-state index is 0.0334. The quantitative estimate of drug-likeness (QED) is 0.599. The van der Waals surface area contributed by atoms with Gasteiger partial charge in [-0.2, -0.15) is 0 Å². The first-order valence-electron chi connectivity index (χ1n) is 6.83. The summed E-state index contributed by atoms with van der Waals surface area (Å²) in [6, 6.07) is 12.2. The second kappa shape index (κ2) is 7.51. The Bertz CT molecular complexity index is 853. The number of benzene rings is 2. The molecule has 2 aromatic rings. The Hall–Kier alpha value is -2.31. The number of carbonyl (C=O) groups excluding carboxylic acids is 1. The van der Waals surface area contributed by atoms with Gasteiger partial charge in [0.15, 0.2) is 4.91 Å². The summed E-state index contributed by atoms with van der Waals surface area (Å²) in [5.74, 6) is -0.434. The van der Waals surface area contributed by atoms with E-state index < -0.39 is 20.7 Å². The van der Waals surface area contributed by atoms with E-state index in [1.807, 2.05) is 0 Å². The van der Waals surface area contributed by atoms with Crippen molar-refractivity contribution in [2.45, 2.75) is 4.90 Å². The minimum atomic E-state index is -4.05. The normalized spacial score (nSPS) is 11.9. The predicted octanol–water partition coefficient (Wildman–Crippen LogP) is 3.34. The average molecular weight is 367 g/mol. The van der Waals surface area contributed by atoms with Crippen LogP contribution in [0.4, 0.5) is 0 Å². The molecule has 5 nitrogen and oxygen atoms in total. The predicted molar refractivity (Wildman–Crippen MR) is 91.6 cm³/mol. The summed E-state index contributed by atoms with van der Waals surface area (Å²) in [6.45, 7) is 0. The first-order chi connectivity index (χ1) is 11.4. The van der Waals surface area contributed by atoms with Crippen molar-refractivity contribution in [3.63, 3.8) is 0 Å². The van der Waals surface area contributed by atoms with E-state index in [1.165, 1.54) is 37.5 Å². The van der Waals surface area contributed by atoms with Gasteiger partial charge in [-0.15, -0.1) is 0 Å². The zero-order chi connectivity index (χ0) is 17.7. The summed E-state index contributed by atoms with van der Waals surface area (Å²) in [5, 5.41) is 0.504. The molecule has 0 atom stereocenters. The highest BCUT2D eigenvalue weighted by Gasteiger charge is 2.28. The van der Waals surface area contributed by atoms with Crippen LogP contribution >= 0.6 is 11.6 Å². The van der Waals surface area contributed by atoms with Crippen molar-refractivity contribution in [1.29, 1.82) is 0 Å². The van der Waals surface area contributed by atoms with Gasteiger partial charge in [0.25, 0.3) is 0 Å². The third kappa shape index (κ3) is 3.96. The lowest BCUT2D eigenvalue weighted by Crippen LogP contribution is -2.15. The number of esters is 1. The van der Waals surface area contributed by atoms with Crippen LogP contribution in [0.25, 0.3) is 6.08 Å². The Morgan fingerprint density at radius 2 is 1.58 bits per heavy atom. The molecule has 7 heteroatoms. The topological polar surface area (TPSA) is 69.7 Å². The fourth-order valence-corrected chi connectivity index (χ4v) is 3.41. The molecular formula is C17H15ClO5S. The number of methoxy groups -OCH3 is 2. The molecule has 2 rings (SSSR count). The van der Waals surface area contributed by atoms with Crippen molar-refractivity contribution in [3.8, 4) is 5.75 Å². The highest BCUT2D eigenvalue weighted by molar-refractivity contribution is 7.96. The average Bonchev–Trinajstić information content (AvgIpc) is 2.60. The molecule has 0 radical (unpaired) electrons. The van der Waals surface area contributed by atoms with Gasteiger partial charge in [-0.1, -0.05) is 23.7 Å². The maximum absolute atomic E-state index is 12.8. The van der Waals surface area contributed by atoms with Crippen LogP contribution in [0.2, 0.25) is 5.02 Å². The number of hydrogen-bond donors (Lipinski definition) is 0. The minimum Gasteiger partial charge on any atom is -0.497 e. The molecule has 0 spiro atoms. The van der Waals surface area contributed by atoms with E-state index in [0.717, 1.165) is 7.11 Å². The first kappa shape index (κ1) is 18.0. The molecular weight excluding hydrogens is 352 g/mol. The first-order valence-corrected chi connectivity index (χ1v) is 8.69. The molecule has 0 aliphatic carbocycles.